The number of benzene rings is 1. The molecule has 0 heterocycles. The van der Waals surface area contributed by atoms with Crippen LogP contribution in [0.15, 0.2) is 24.3 Å². The molecule has 0 atom stereocenters. The lowest BCUT2D eigenvalue weighted by molar-refractivity contribution is 0.284. The van der Waals surface area contributed by atoms with E-state index >= 15 is 0 Å². The predicted octanol–water partition coefficient (Wildman–Crippen LogP) is 4.00. The molecule has 0 radical (unpaired) electrons. The van der Waals surface area contributed by atoms with Crippen molar-refractivity contribution in [1.82, 2.24) is 0 Å². The molecule has 0 aliphatic carbocycles. The van der Waals surface area contributed by atoms with Gasteiger partial charge in [-0.15, -0.1) is 0 Å². The summed E-state index contributed by atoms with van der Waals surface area (Å²) < 4.78 is 6.79. The minimum Gasteiger partial charge on any atom is -0.494 e. The second-order valence-electron chi connectivity index (χ2n) is 4.40. The van der Waals surface area contributed by atoms with Gasteiger partial charge in [-0.1, -0.05) is 0 Å². The van der Waals surface area contributed by atoms with Crippen LogP contribution in [0.2, 0.25) is 0 Å². The van der Waals surface area contributed by atoms with Gasteiger partial charge in [-0.25, -0.2) is 0 Å². The number of hydrogen-bond donors (Lipinski definition) is 0. The summed E-state index contributed by atoms with van der Waals surface area (Å²) in [6.07, 6.45) is 1.78. The maximum Gasteiger partial charge on any atom is 0.119 e. The highest BCUT2D eigenvalue weighted by Gasteiger charge is 2.15. The zero-order valence-corrected chi connectivity index (χ0v) is 11.8. The van der Waals surface area contributed by atoms with Crippen molar-refractivity contribution in [3.63, 3.8) is 0 Å². The number of rotatable bonds is 5. The number of nitriles is 1. The largest absolute Gasteiger partial charge is 0.494 e. The van der Waals surface area contributed by atoms with E-state index in [1.54, 1.807) is 0 Å². The summed E-state index contributed by atoms with van der Waals surface area (Å²) in [6.45, 7) is 4.58. The van der Waals surface area contributed by atoms with Crippen molar-refractivity contribution in [1.29, 1.82) is 5.26 Å². The highest BCUT2D eigenvalue weighted by atomic mass is 127. The Hall–Kier alpha value is -0.760. The fourth-order valence-corrected chi connectivity index (χ4v) is 1.65. The average molecular weight is 329 g/mol. The molecule has 0 aromatic heterocycles. The molecule has 0 saturated heterocycles. The summed E-state index contributed by atoms with van der Waals surface area (Å²) in [4.78, 5) is 0. The van der Waals surface area contributed by atoms with Crippen LogP contribution in [0.25, 0.3) is 0 Å². The third-order valence-corrected chi connectivity index (χ3v) is 3.05. The standard InChI is InChI=1S/C13H16INO/c1-13(2,10-15)8-3-9-16-12-6-4-11(14)5-7-12/h4-7H,3,8-9H2,1-2H3. The van der Waals surface area contributed by atoms with Crippen molar-refractivity contribution in [3.05, 3.63) is 27.8 Å². The molecule has 0 unspecified atom stereocenters. The summed E-state index contributed by atoms with van der Waals surface area (Å²) >= 11 is 2.27. The van der Waals surface area contributed by atoms with Crippen molar-refractivity contribution in [2.24, 2.45) is 5.41 Å². The molecule has 86 valence electrons. The Labute approximate surface area is 111 Å². The van der Waals surface area contributed by atoms with Gasteiger partial charge in [0, 0.05) is 3.57 Å². The summed E-state index contributed by atoms with van der Waals surface area (Å²) in [7, 11) is 0. The first-order valence-corrected chi connectivity index (χ1v) is 6.41. The second kappa shape index (κ2) is 6.09. The predicted molar refractivity (Wildman–Crippen MR) is 73.3 cm³/mol. The third kappa shape index (κ3) is 4.84. The fourth-order valence-electron chi connectivity index (χ4n) is 1.29. The SMILES string of the molecule is CC(C)(C#N)CCCOc1ccc(I)cc1. The third-order valence-electron chi connectivity index (χ3n) is 2.33. The van der Waals surface area contributed by atoms with Gasteiger partial charge in [0.25, 0.3) is 0 Å². The van der Waals surface area contributed by atoms with E-state index in [0.29, 0.717) is 6.61 Å². The lowest BCUT2D eigenvalue weighted by Crippen LogP contribution is -2.10. The van der Waals surface area contributed by atoms with Crippen molar-refractivity contribution in [3.8, 4) is 11.8 Å². The zero-order chi connectivity index (χ0) is 12.0. The summed E-state index contributed by atoms with van der Waals surface area (Å²) in [5.41, 5.74) is -0.241. The van der Waals surface area contributed by atoms with Gasteiger partial charge in [-0.05, 0) is 73.5 Å². The Morgan fingerprint density at radius 2 is 1.94 bits per heavy atom. The smallest absolute Gasteiger partial charge is 0.119 e. The second-order valence-corrected chi connectivity index (χ2v) is 5.65. The number of nitrogens with zero attached hydrogens (tertiary/aromatic N) is 1. The lowest BCUT2D eigenvalue weighted by Gasteiger charge is -2.14. The molecule has 16 heavy (non-hydrogen) atoms. The van der Waals surface area contributed by atoms with Crippen LogP contribution >= 0.6 is 22.6 Å². The maximum atomic E-state index is 8.85. The first-order chi connectivity index (χ1) is 7.53. The van der Waals surface area contributed by atoms with Gasteiger partial charge in [0.05, 0.1) is 18.1 Å². The van der Waals surface area contributed by atoms with Crippen LogP contribution in [0.1, 0.15) is 26.7 Å². The highest BCUT2D eigenvalue weighted by molar-refractivity contribution is 14.1. The van der Waals surface area contributed by atoms with Crippen LogP contribution in [0.4, 0.5) is 0 Å². The van der Waals surface area contributed by atoms with Crippen LogP contribution < -0.4 is 4.74 Å². The van der Waals surface area contributed by atoms with E-state index in [1.807, 2.05) is 38.1 Å². The van der Waals surface area contributed by atoms with E-state index in [9.17, 15) is 0 Å². The monoisotopic (exact) mass is 329 g/mol. The lowest BCUT2D eigenvalue weighted by atomic mass is 9.90. The molecule has 1 aromatic rings. The summed E-state index contributed by atoms with van der Waals surface area (Å²) in [6, 6.07) is 10.3. The minimum atomic E-state index is -0.241. The van der Waals surface area contributed by atoms with Crippen molar-refractivity contribution in [2.45, 2.75) is 26.7 Å². The molecule has 2 nitrogen and oxygen atoms in total. The quantitative estimate of drug-likeness (QED) is 0.604. The first-order valence-electron chi connectivity index (χ1n) is 5.33. The van der Waals surface area contributed by atoms with Gasteiger partial charge < -0.3 is 4.74 Å². The Bertz CT molecular complexity index is 365. The van der Waals surface area contributed by atoms with Crippen LogP contribution in [-0.4, -0.2) is 6.61 Å². The van der Waals surface area contributed by atoms with Gasteiger partial charge in [-0.3, -0.25) is 0 Å². The molecular formula is C13H16INO. The van der Waals surface area contributed by atoms with Gasteiger partial charge in [0.1, 0.15) is 5.75 Å². The van der Waals surface area contributed by atoms with E-state index < -0.39 is 0 Å². The maximum absolute atomic E-state index is 8.85. The normalized spacial score (nSPS) is 10.9. The Morgan fingerprint density at radius 1 is 1.31 bits per heavy atom. The minimum absolute atomic E-state index is 0.241. The van der Waals surface area contributed by atoms with E-state index in [0.717, 1.165) is 18.6 Å². The van der Waals surface area contributed by atoms with Crippen LogP contribution in [0.3, 0.4) is 0 Å². The molecule has 0 saturated carbocycles. The average Bonchev–Trinajstić information content (AvgIpc) is 2.27. The van der Waals surface area contributed by atoms with Crippen LogP contribution in [0.5, 0.6) is 5.75 Å². The number of ether oxygens (including phenoxy) is 1. The first kappa shape index (κ1) is 13.3. The molecule has 1 rings (SSSR count). The summed E-state index contributed by atoms with van der Waals surface area (Å²) in [5.74, 6) is 0.898. The van der Waals surface area contributed by atoms with Gasteiger partial charge in [0.15, 0.2) is 0 Å². The van der Waals surface area contributed by atoms with Crippen molar-refractivity contribution < 1.29 is 4.74 Å². The zero-order valence-electron chi connectivity index (χ0n) is 9.66. The molecule has 0 amide bonds. The molecule has 0 aliphatic rings. The molecular weight excluding hydrogens is 313 g/mol. The Kier molecular flexibility index (Phi) is 5.07. The fraction of sp³-hybridized carbons (Fsp3) is 0.462. The van der Waals surface area contributed by atoms with Gasteiger partial charge in [-0.2, -0.15) is 5.26 Å². The van der Waals surface area contributed by atoms with Gasteiger partial charge in [0.2, 0.25) is 0 Å². The number of hydrogen-bond acceptors (Lipinski definition) is 2. The molecule has 0 bridgehead atoms. The highest BCUT2D eigenvalue weighted by Crippen LogP contribution is 2.21. The molecule has 0 spiro atoms. The molecule has 1 aromatic carbocycles. The van der Waals surface area contributed by atoms with E-state index in [1.165, 1.54) is 3.57 Å². The van der Waals surface area contributed by atoms with E-state index in [-0.39, 0.29) is 5.41 Å². The summed E-state index contributed by atoms with van der Waals surface area (Å²) in [5, 5.41) is 8.85. The Morgan fingerprint density at radius 3 is 2.50 bits per heavy atom. The molecule has 0 N–H and O–H groups in total. The van der Waals surface area contributed by atoms with E-state index in [2.05, 4.69) is 28.7 Å². The van der Waals surface area contributed by atoms with Crippen LogP contribution in [-0.2, 0) is 0 Å². The number of halogens is 1. The van der Waals surface area contributed by atoms with Gasteiger partial charge >= 0.3 is 0 Å². The van der Waals surface area contributed by atoms with E-state index in [4.69, 9.17) is 10.00 Å². The molecule has 3 heteroatoms. The topological polar surface area (TPSA) is 33.0 Å². The Balaban J connectivity index is 2.27. The molecule has 0 aliphatic heterocycles. The van der Waals surface area contributed by atoms with Crippen molar-refractivity contribution in [2.75, 3.05) is 6.61 Å². The van der Waals surface area contributed by atoms with Crippen molar-refractivity contribution >= 4 is 22.6 Å². The van der Waals surface area contributed by atoms with Crippen LogP contribution in [0, 0.1) is 20.3 Å². The molecule has 0 fully saturated rings.